The van der Waals surface area contributed by atoms with Crippen molar-refractivity contribution in [3.8, 4) is 0 Å². The van der Waals surface area contributed by atoms with Gasteiger partial charge < -0.3 is 9.84 Å². The zero-order valence-electron chi connectivity index (χ0n) is 9.99. The van der Waals surface area contributed by atoms with E-state index in [4.69, 9.17) is 9.84 Å². The minimum atomic E-state index is -1.38. The Morgan fingerprint density at radius 1 is 1.47 bits per heavy atom. The van der Waals surface area contributed by atoms with Crippen LogP contribution in [0.4, 0.5) is 5.69 Å². The molecule has 19 heavy (non-hydrogen) atoms. The molecular weight excluding hydrogens is 274 g/mol. The van der Waals surface area contributed by atoms with Gasteiger partial charge in [-0.3, -0.25) is 14.9 Å². The number of aromatic carboxylic acids is 1. The third kappa shape index (κ3) is 4.25. The van der Waals surface area contributed by atoms with E-state index in [9.17, 15) is 19.7 Å². The number of hydrogen-bond donors (Lipinski definition) is 1. The van der Waals surface area contributed by atoms with Crippen LogP contribution >= 0.6 is 11.8 Å². The maximum Gasteiger partial charge on any atom is 0.342 e. The fourth-order valence-corrected chi connectivity index (χ4v) is 2.01. The fraction of sp³-hybridized carbons (Fsp3) is 0.273. The van der Waals surface area contributed by atoms with Gasteiger partial charge in [0.05, 0.1) is 17.3 Å². The molecule has 0 aliphatic heterocycles. The molecule has 0 fully saturated rings. The summed E-state index contributed by atoms with van der Waals surface area (Å²) in [5.41, 5.74) is -0.883. The highest BCUT2D eigenvalue weighted by Crippen LogP contribution is 2.26. The molecule has 0 saturated heterocycles. The molecule has 1 rings (SSSR count). The molecule has 1 aromatic rings. The van der Waals surface area contributed by atoms with Crippen LogP contribution in [0.5, 0.6) is 0 Å². The standard InChI is InChI=1S/C11H11NO6S/c1-2-18-10(13)6-19-7-3-4-9(12(16)17)8(5-7)11(14)15/h3-5H,2,6H2,1H3,(H,14,15). The van der Waals surface area contributed by atoms with E-state index in [1.807, 2.05) is 0 Å². The molecule has 0 spiro atoms. The molecule has 0 aliphatic carbocycles. The van der Waals surface area contributed by atoms with E-state index in [2.05, 4.69) is 0 Å². The highest BCUT2D eigenvalue weighted by atomic mass is 32.2. The summed E-state index contributed by atoms with van der Waals surface area (Å²) >= 11 is 1.06. The lowest BCUT2D eigenvalue weighted by Crippen LogP contribution is -2.07. The molecule has 0 aromatic heterocycles. The Morgan fingerprint density at radius 3 is 2.68 bits per heavy atom. The number of nitro benzene ring substituents is 1. The lowest BCUT2D eigenvalue weighted by atomic mass is 10.2. The lowest BCUT2D eigenvalue weighted by molar-refractivity contribution is -0.385. The summed E-state index contributed by atoms with van der Waals surface area (Å²) in [5.74, 6) is -1.79. The van der Waals surface area contributed by atoms with Gasteiger partial charge in [0.1, 0.15) is 5.56 Å². The number of carbonyl (C=O) groups excluding carboxylic acids is 1. The van der Waals surface area contributed by atoms with Crippen LogP contribution < -0.4 is 0 Å². The zero-order valence-corrected chi connectivity index (χ0v) is 10.8. The number of hydrogen-bond acceptors (Lipinski definition) is 6. The van der Waals surface area contributed by atoms with Crippen LogP contribution in [0.1, 0.15) is 17.3 Å². The zero-order chi connectivity index (χ0) is 14.4. The van der Waals surface area contributed by atoms with E-state index in [1.54, 1.807) is 6.92 Å². The minimum Gasteiger partial charge on any atom is -0.477 e. The second kappa shape index (κ2) is 6.74. The first-order valence-corrected chi connectivity index (χ1v) is 6.24. The van der Waals surface area contributed by atoms with E-state index >= 15 is 0 Å². The van der Waals surface area contributed by atoms with Crippen molar-refractivity contribution in [2.75, 3.05) is 12.4 Å². The fourth-order valence-electron chi connectivity index (χ4n) is 1.28. The summed E-state index contributed by atoms with van der Waals surface area (Å²) in [6.45, 7) is 1.94. The molecule has 1 N–H and O–H groups in total. The number of nitrogens with zero attached hydrogens (tertiary/aromatic N) is 1. The van der Waals surface area contributed by atoms with Crippen LogP contribution in [0.15, 0.2) is 23.1 Å². The van der Waals surface area contributed by atoms with E-state index in [-0.39, 0.29) is 12.4 Å². The van der Waals surface area contributed by atoms with Crippen LogP contribution in [0.3, 0.4) is 0 Å². The van der Waals surface area contributed by atoms with Gasteiger partial charge in [0, 0.05) is 11.0 Å². The lowest BCUT2D eigenvalue weighted by Gasteiger charge is -2.04. The number of carboxylic acids is 1. The first-order valence-electron chi connectivity index (χ1n) is 5.25. The van der Waals surface area contributed by atoms with Crippen molar-refractivity contribution < 1.29 is 24.4 Å². The third-order valence-electron chi connectivity index (χ3n) is 2.06. The van der Waals surface area contributed by atoms with E-state index in [1.165, 1.54) is 12.1 Å². The van der Waals surface area contributed by atoms with Gasteiger partial charge in [0.15, 0.2) is 0 Å². The minimum absolute atomic E-state index is 0.0186. The van der Waals surface area contributed by atoms with Gasteiger partial charge >= 0.3 is 11.9 Å². The van der Waals surface area contributed by atoms with Gasteiger partial charge in [-0.05, 0) is 19.1 Å². The molecule has 0 bridgehead atoms. The predicted molar refractivity (Wildman–Crippen MR) is 67.4 cm³/mol. The Morgan fingerprint density at radius 2 is 2.16 bits per heavy atom. The molecule has 0 amide bonds. The van der Waals surface area contributed by atoms with Gasteiger partial charge in [-0.15, -0.1) is 11.8 Å². The number of benzene rings is 1. The summed E-state index contributed by atoms with van der Waals surface area (Å²) in [7, 11) is 0. The van der Waals surface area contributed by atoms with Crippen LogP contribution in [-0.2, 0) is 9.53 Å². The van der Waals surface area contributed by atoms with Crippen LogP contribution in [-0.4, -0.2) is 34.3 Å². The Labute approximate surface area is 112 Å². The number of carboxylic acid groups (broad SMARTS) is 1. The second-order valence-electron chi connectivity index (χ2n) is 3.33. The van der Waals surface area contributed by atoms with Gasteiger partial charge in [0.2, 0.25) is 0 Å². The molecule has 8 heteroatoms. The molecule has 0 unspecified atom stereocenters. The largest absolute Gasteiger partial charge is 0.477 e. The summed E-state index contributed by atoms with van der Waals surface area (Å²) in [4.78, 5) is 32.4. The number of esters is 1. The van der Waals surface area contributed by atoms with Crippen LogP contribution in [0.25, 0.3) is 0 Å². The average molecular weight is 285 g/mol. The summed E-state index contributed by atoms with van der Waals surface area (Å²) in [5, 5.41) is 19.5. The predicted octanol–water partition coefficient (Wildman–Crippen LogP) is 1.95. The van der Waals surface area contributed by atoms with Crippen LogP contribution in [0.2, 0.25) is 0 Å². The Bertz CT molecular complexity index is 516. The number of carbonyl (C=O) groups is 2. The molecule has 0 radical (unpaired) electrons. The molecule has 0 heterocycles. The van der Waals surface area contributed by atoms with Crippen molar-refractivity contribution in [2.24, 2.45) is 0 Å². The molecule has 0 aliphatic rings. The smallest absolute Gasteiger partial charge is 0.342 e. The number of rotatable bonds is 6. The normalized spacial score (nSPS) is 9.95. The van der Waals surface area contributed by atoms with Crippen LogP contribution in [0, 0.1) is 10.1 Å². The van der Waals surface area contributed by atoms with E-state index in [0.717, 1.165) is 17.8 Å². The van der Waals surface area contributed by atoms with Crippen molar-refractivity contribution in [3.63, 3.8) is 0 Å². The van der Waals surface area contributed by atoms with Crippen molar-refractivity contribution >= 4 is 29.4 Å². The highest BCUT2D eigenvalue weighted by molar-refractivity contribution is 8.00. The number of ether oxygens (including phenoxy) is 1. The maximum absolute atomic E-state index is 11.1. The third-order valence-corrected chi connectivity index (χ3v) is 3.02. The topological polar surface area (TPSA) is 107 Å². The first kappa shape index (κ1) is 15.0. The van der Waals surface area contributed by atoms with Crippen molar-refractivity contribution in [1.29, 1.82) is 0 Å². The van der Waals surface area contributed by atoms with E-state index in [0.29, 0.717) is 4.90 Å². The summed E-state index contributed by atoms with van der Waals surface area (Å²) in [6.07, 6.45) is 0. The van der Waals surface area contributed by atoms with Crippen molar-refractivity contribution in [2.45, 2.75) is 11.8 Å². The quantitative estimate of drug-likeness (QED) is 0.368. The van der Waals surface area contributed by atoms with Gasteiger partial charge in [-0.2, -0.15) is 0 Å². The highest BCUT2D eigenvalue weighted by Gasteiger charge is 2.20. The van der Waals surface area contributed by atoms with E-state index < -0.39 is 28.1 Å². The van der Waals surface area contributed by atoms with Crippen molar-refractivity contribution in [3.05, 3.63) is 33.9 Å². The Balaban J connectivity index is 2.87. The SMILES string of the molecule is CCOC(=O)CSc1ccc([N+](=O)[O-])c(C(=O)O)c1. The molecular formula is C11H11NO6S. The Hall–Kier alpha value is -2.09. The maximum atomic E-state index is 11.1. The molecule has 1 aromatic carbocycles. The van der Waals surface area contributed by atoms with Gasteiger partial charge in [-0.25, -0.2) is 4.79 Å². The molecule has 0 atom stereocenters. The molecule has 0 saturated carbocycles. The molecule has 7 nitrogen and oxygen atoms in total. The van der Waals surface area contributed by atoms with Gasteiger partial charge in [-0.1, -0.05) is 0 Å². The average Bonchev–Trinajstić information content (AvgIpc) is 2.36. The molecule has 102 valence electrons. The summed E-state index contributed by atoms with van der Waals surface area (Å²) < 4.78 is 4.72. The summed E-state index contributed by atoms with van der Waals surface area (Å²) in [6, 6.07) is 3.68. The number of thioether (sulfide) groups is 1. The van der Waals surface area contributed by atoms with Gasteiger partial charge in [0.25, 0.3) is 5.69 Å². The Kier molecular flexibility index (Phi) is 5.31. The van der Waals surface area contributed by atoms with Crippen molar-refractivity contribution in [1.82, 2.24) is 0 Å². The number of nitro groups is 1. The monoisotopic (exact) mass is 285 g/mol. The second-order valence-corrected chi connectivity index (χ2v) is 4.38. The first-order chi connectivity index (χ1) is 8.95.